The Hall–Kier alpha value is -2.49. The van der Waals surface area contributed by atoms with E-state index in [9.17, 15) is 22.8 Å². The molecular formula is C14H19N3O6S. The Bertz CT molecular complexity index is 732. The molecular weight excluding hydrogens is 338 g/mol. The van der Waals surface area contributed by atoms with Crippen molar-refractivity contribution < 1.29 is 27.9 Å². The van der Waals surface area contributed by atoms with E-state index in [1.165, 1.54) is 32.2 Å². The van der Waals surface area contributed by atoms with Gasteiger partial charge in [-0.1, -0.05) is 6.92 Å². The van der Waals surface area contributed by atoms with Crippen molar-refractivity contribution in [2.24, 2.45) is 0 Å². The topological polar surface area (TPSA) is 143 Å². The van der Waals surface area contributed by atoms with E-state index in [0.29, 0.717) is 0 Å². The molecule has 0 saturated carbocycles. The van der Waals surface area contributed by atoms with Gasteiger partial charge in [-0.2, -0.15) is 0 Å². The number of sulfone groups is 1. The smallest absolute Gasteiger partial charge is 0.326 e. The number of carboxylic acids is 1. The Morgan fingerprint density at radius 1 is 1.33 bits per heavy atom. The molecule has 0 bridgehead atoms. The minimum Gasteiger partial charge on any atom is -0.480 e. The lowest BCUT2D eigenvalue weighted by molar-refractivity contribution is -0.139. The summed E-state index contributed by atoms with van der Waals surface area (Å²) in [6.45, 7) is 2.74. The van der Waals surface area contributed by atoms with Gasteiger partial charge in [0.2, 0.25) is 5.91 Å². The number of aromatic nitrogens is 1. The second kappa shape index (κ2) is 8.39. The van der Waals surface area contributed by atoms with Crippen LogP contribution in [-0.4, -0.2) is 53.8 Å². The quantitative estimate of drug-likeness (QED) is 0.596. The van der Waals surface area contributed by atoms with Crippen LogP contribution >= 0.6 is 0 Å². The summed E-state index contributed by atoms with van der Waals surface area (Å²) in [7, 11) is -3.34. The molecule has 1 rings (SSSR count). The van der Waals surface area contributed by atoms with Crippen molar-refractivity contribution in [3.8, 4) is 0 Å². The van der Waals surface area contributed by atoms with E-state index in [1.807, 2.05) is 0 Å². The number of aliphatic carboxylic acids is 1. The van der Waals surface area contributed by atoms with Crippen LogP contribution in [0.3, 0.4) is 0 Å². The first-order chi connectivity index (χ1) is 11.1. The Labute approximate surface area is 139 Å². The van der Waals surface area contributed by atoms with Crippen molar-refractivity contribution >= 4 is 33.4 Å². The molecule has 0 spiro atoms. The second-order valence-corrected chi connectivity index (χ2v) is 7.47. The number of carboxylic acid groups (broad SMARTS) is 1. The van der Waals surface area contributed by atoms with E-state index < -0.39 is 27.8 Å². The lowest BCUT2D eigenvalue weighted by atomic mass is 10.2. The fourth-order valence-electron chi connectivity index (χ4n) is 1.76. The van der Waals surface area contributed by atoms with E-state index in [0.717, 1.165) is 0 Å². The van der Waals surface area contributed by atoms with Gasteiger partial charge in [-0.3, -0.25) is 9.59 Å². The van der Waals surface area contributed by atoms with Gasteiger partial charge in [0.15, 0.2) is 0 Å². The van der Waals surface area contributed by atoms with Gasteiger partial charge in [0.1, 0.15) is 21.7 Å². The molecule has 132 valence electrons. The zero-order chi connectivity index (χ0) is 18.3. The van der Waals surface area contributed by atoms with Crippen LogP contribution in [0.25, 0.3) is 0 Å². The highest BCUT2D eigenvalue weighted by Crippen LogP contribution is 2.08. The van der Waals surface area contributed by atoms with Gasteiger partial charge in [0.05, 0.1) is 5.75 Å². The molecule has 0 aliphatic rings. The Morgan fingerprint density at radius 2 is 2.00 bits per heavy atom. The molecule has 1 atom stereocenters. The van der Waals surface area contributed by atoms with Crippen molar-refractivity contribution in [2.45, 2.75) is 26.3 Å². The molecule has 0 fully saturated rings. The fraction of sp³-hybridized carbons (Fsp3) is 0.429. The van der Waals surface area contributed by atoms with Crippen molar-refractivity contribution in [1.82, 2.24) is 10.3 Å². The maximum atomic E-state index is 12.1. The summed E-state index contributed by atoms with van der Waals surface area (Å²) in [5.74, 6) is -2.69. The Kier molecular flexibility index (Phi) is 6.83. The Morgan fingerprint density at radius 3 is 2.54 bits per heavy atom. The highest BCUT2D eigenvalue weighted by Gasteiger charge is 2.23. The van der Waals surface area contributed by atoms with E-state index in [-0.39, 0.29) is 35.2 Å². The average Bonchev–Trinajstić information content (AvgIpc) is 2.50. The number of amides is 2. The third-order valence-electron chi connectivity index (χ3n) is 3.09. The molecule has 0 aliphatic carbocycles. The minimum atomic E-state index is -3.34. The molecule has 1 aromatic heterocycles. The van der Waals surface area contributed by atoms with Crippen molar-refractivity contribution in [3.63, 3.8) is 0 Å². The second-order valence-electron chi connectivity index (χ2n) is 5.00. The summed E-state index contributed by atoms with van der Waals surface area (Å²) in [5, 5.41) is 13.8. The number of hydrogen-bond acceptors (Lipinski definition) is 6. The summed E-state index contributed by atoms with van der Waals surface area (Å²) < 4.78 is 23.0. The van der Waals surface area contributed by atoms with Crippen LogP contribution in [0.15, 0.2) is 18.3 Å². The molecule has 3 N–H and O–H groups in total. The molecule has 0 aromatic carbocycles. The van der Waals surface area contributed by atoms with Gasteiger partial charge in [0, 0.05) is 24.4 Å². The average molecular weight is 357 g/mol. The highest BCUT2D eigenvalue weighted by atomic mass is 32.2. The van der Waals surface area contributed by atoms with Crippen molar-refractivity contribution in [2.75, 3.05) is 16.8 Å². The normalized spacial score (nSPS) is 12.2. The summed E-state index contributed by atoms with van der Waals surface area (Å²) in [4.78, 5) is 38.2. The number of nitrogens with one attached hydrogen (secondary N) is 2. The number of rotatable bonds is 8. The SMILES string of the molecule is CCS(=O)(=O)CCC(NC(=O)c1ccnc(NC(C)=O)c1)C(=O)O. The molecule has 1 heterocycles. The molecule has 1 aromatic rings. The zero-order valence-electron chi connectivity index (χ0n) is 13.3. The molecule has 0 aliphatic heterocycles. The molecule has 9 nitrogen and oxygen atoms in total. The summed E-state index contributed by atoms with van der Waals surface area (Å²) >= 11 is 0. The van der Waals surface area contributed by atoms with Crippen LogP contribution in [0.5, 0.6) is 0 Å². The monoisotopic (exact) mass is 357 g/mol. The molecule has 0 saturated heterocycles. The third kappa shape index (κ3) is 6.32. The van der Waals surface area contributed by atoms with Crippen LogP contribution in [0.1, 0.15) is 30.6 Å². The standard InChI is InChI=1S/C14H19N3O6S/c1-3-24(22,23)7-5-11(14(20)21)17-13(19)10-4-6-15-12(8-10)16-9(2)18/h4,6,8,11H,3,5,7H2,1-2H3,(H,17,19)(H,20,21)(H,15,16,18). The molecule has 2 amide bonds. The first-order valence-electron chi connectivity index (χ1n) is 7.12. The van der Waals surface area contributed by atoms with E-state index in [1.54, 1.807) is 0 Å². The number of hydrogen-bond donors (Lipinski definition) is 3. The van der Waals surface area contributed by atoms with Gasteiger partial charge in [-0.25, -0.2) is 18.2 Å². The summed E-state index contributed by atoms with van der Waals surface area (Å²) in [6.07, 6.45) is 1.05. The van der Waals surface area contributed by atoms with Crippen LogP contribution in [0, 0.1) is 0 Å². The molecule has 24 heavy (non-hydrogen) atoms. The minimum absolute atomic E-state index is 0.0957. The van der Waals surface area contributed by atoms with Gasteiger partial charge in [0.25, 0.3) is 5.91 Å². The fourth-order valence-corrected chi connectivity index (χ4v) is 2.64. The number of nitrogens with zero attached hydrogens (tertiary/aromatic N) is 1. The lowest BCUT2D eigenvalue weighted by Gasteiger charge is -2.14. The number of pyridine rings is 1. The summed E-state index contributed by atoms with van der Waals surface area (Å²) in [5.41, 5.74) is 0.0957. The van der Waals surface area contributed by atoms with Gasteiger partial charge in [-0.05, 0) is 18.6 Å². The van der Waals surface area contributed by atoms with Crippen molar-refractivity contribution in [1.29, 1.82) is 0 Å². The summed E-state index contributed by atoms with van der Waals surface area (Å²) in [6, 6.07) is 1.30. The van der Waals surface area contributed by atoms with E-state index >= 15 is 0 Å². The maximum Gasteiger partial charge on any atom is 0.326 e. The Balaban J connectivity index is 2.82. The predicted molar refractivity (Wildman–Crippen MR) is 86.4 cm³/mol. The van der Waals surface area contributed by atoms with Crippen LogP contribution in [0.4, 0.5) is 5.82 Å². The predicted octanol–water partition coefficient (Wildman–Crippen LogP) is 0.0478. The van der Waals surface area contributed by atoms with Gasteiger partial charge < -0.3 is 15.7 Å². The zero-order valence-corrected chi connectivity index (χ0v) is 14.1. The number of anilines is 1. The van der Waals surface area contributed by atoms with Gasteiger partial charge in [-0.15, -0.1) is 0 Å². The third-order valence-corrected chi connectivity index (χ3v) is 4.82. The van der Waals surface area contributed by atoms with Crippen LogP contribution < -0.4 is 10.6 Å². The molecule has 1 unspecified atom stereocenters. The van der Waals surface area contributed by atoms with Crippen LogP contribution in [0.2, 0.25) is 0 Å². The first kappa shape index (κ1) is 19.6. The largest absolute Gasteiger partial charge is 0.480 e. The maximum absolute atomic E-state index is 12.1. The van der Waals surface area contributed by atoms with Gasteiger partial charge >= 0.3 is 5.97 Å². The number of carbonyl (C=O) groups excluding carboxylic acids is 2. The first-order valence-corrected chi connectivity index (χ1v) is 8.94. The van der Waals surface area contributed by atoms with Crippen molar-refractivity contribution in [3.05, 3.63) is 23.9 Å². The highest BCUT2D eigenvalue weighted by molar-refractivity contribution is 7.91. The molecule has 0 radical (unpaired) electrons. The lowest BCUT2D eigenvalue weighted by Crippen LogP contribution is -2.42. The number of carbonyl (C=O) groups is 3. The van der Waals surface area contributed by atoms with E-state index in [4.69, 9.17) is 5.11 Å². The van der Waals surface area contributed by atoms with E-state index in [2.05, 4.69) is 15.6 Å². The molecule has 10 heteroatoms. The van der Waals surface area contributed by atoms with Crippen LogP contribution in [-0.2, 0) is 19.4 Å².